The van der Waals surface area contributed by atoms with Gasteiger partial charge in [-0.15, -0.1) is 0 Å². The molecule has 0 aromatic carbocycles. The van der Waals surface area contributed by atoms with Crippen LogP contribution in [0.4, 0.5) is 0 Å². The van der Waals surface area contributed by atoms with E-state index in [2.05, 4.69) is 22.5 Å². The molecule has 0 amide bonds. The lowest BCUT2D eigenvalue weighted by Gasteiger charge is -2.19. The first kappa shape index (κ1) is 11.6. The summed E-state index contributed by atoms with van der Waals surface area (Å²) in [6.07, 6.45) is 5.14. The Morgan fingerprint density at radius 2 is 2.56 bits per heavy atom. The Labute approximate surface area is 96.8 Å². The minimum absolute atomic E-state index is 0.447. The van der Waals surface area contributed by atoms with Crippen molar-refractivity contribution in [3.8, 4) is 0 Å². The number of oxazole rings is 1. The van der Waals surface area contributed by atoms with Crippen LogP contribution in [0.5, 0.6) is 0 Å². The van der Waals surface area contributed by atoms with E-state index in [9.17, 15) is 0 Å². The molecule has 4 nitrogen and oxygen atoms in total. The number of hydrogen-bond acceptors (Lipinski definition) is 4. The second-order valence-corrected chi connectivity index (χ2v) is 4.61. The van der Waals surface area contributed by atoms with Crippen LogP contribution < -0.4 is 10.6 Å². The van der Waals surface area contributed by atoms with E-state index < -0.39 is 0 Å². The fourth-order valence-corrected chi connectivity index (χ4v) is 2.08. The van der Waals surface area contributed by atoms with Crippen LogP contribution in [0, 0.1) is 0 Å². The highest BCUT2D eigenvalue weighted by Gasteiger charge is 2.20. The molecular weight excluding hydrogens is 202 g/mol. The molecule has 0 bridgehead atoms. The van der Waals surface area contributed by atoms with Gasteiger partial charge in [0.2, 0.25) is 0 Å². The molecule has 0 radical (unpaired) electrons. The van der Waals surface area contributed by atoms with E-state index in [0.717, 1.165) is 31.1 Å². The minimum atomic E-state index is 0.447. The van der Waals surface area contributed by atoms with Gasteiger partial charge in [0.15, 0.2) is 5.89 Å². The van der Waals surface area contributed by atoms with Gasteiger partial charge < -0.3 is 15.1 Å². The Hall–Kier alpha value is -0.870. The van der Waals surface area contributed by atoms with Crippen molar-refractivity contribution >= 4 is 0 Å². The topological polar surface area (TPSA) is 50.1 Å². The van der Waals surface area contributed by atoms with Gasteiger partial charge in [0.1, 0.15) is 6.26 Å². The van der Waals surface area contributed by atoms with Gasteiger partial charge in [0, 0.05) is 24.9 Å². The Bertz CT molecular complexity index is 318. The smallest absolute Gasteiger partial charge is 0.198 e. The largest absolute Gasteiger partial charge is 0.448 e. The zero-order valence-electron chi connectivity index (χ0n) is 10.1. The molecule has 2 atom stereocenters. The lowest BCUT2D eigenvalue weighted by molar-refractivity contribution is 0.376. The SMILES string of the molecule is CNC(C)Cc1coc(C2CCCNC2)n1. The zero-order chi connectivity index (χ0) is 11.4. The quantitative estimate of drug-likeness (QED) is 0.807. The van der Waals surface area contributed by atoms with Gasteiger partial charge in [0.05, 0.1) is 5.69 Å². The van der Waals surface area contributed by atoms with Gasteiger partial charge in [-0.1, -0.05) is 0 Å². The highest BCUT2D eigenvalue weighted by Crippen LogP contribution is 2.22. The molecule has 0 spiro atoms. The summed E-state index contributed by atoms with van der Waals surface area (Å²) < 4.78 is 5.57. The first-order chi connectivity index (χ1) is 7.79. The number of nitrogens with zero attached hydrogens (tertiary/aromatic N) is 1. The van der Waals surface area contributed by atoms with Crippen LogP contribution in [-0.4, -0.2) is 31.2 Å². The highest BCUT2D eigenvalue weighted by atomic mass is 16.3. The van der Waals surface area contributed by atoms with Crippen molar-refractivity contribution in [2.75, 3.05) is 20.1 Å². The number of hydrogen-bond donors (Lipinski definition) is 2. The van der Waals surface area contributed by atoms with E-state index in [-0.39, 0.29) is 0 Å². The molecule has 1 fully saturated rings. The van der Waals surface area contributed by atoms with Crippen LogP contribution >= 0.6 is 0 Å². The Kier molecular flexibility index (Phi) is 3.96. The van der Waals surface area contributed by atoms with Crippen LogP contribution in [0.3, 0.4) is 0 Å². The van der Waals surface area contributed by atoms with Crippen molar-refractivity contribution in [3.05, 3.63) is 17.8 Å². The third-order valence-corrected chi connectivity index (χ3v) is 3.22. The number of nitrogens with one attached hydrogen (secondary N) is 2. The van der Waals surface area contributed by atoms with E-state index in [1.165, 1.54) is 12.8 Å². The Morgan fingerprint density at radius 1 is 1.69 bits per heavy atom. The van der Waals surface area contributed by atoms with E-state index in [1.807, 2.05) is 7.05 Å². The molecule has 4 heteroatoms. The molecule has 16 heavy (non-hydrogen) atoms. The summed E-state index contributed by atoms with van der Waals surface area (Å²) in [5.41, 5.74) is 1.06. The third-order valence-electron chi connectivity index (χ3n) is 3.22. The summed E-state index contributed by atoms with van der Waals surface area (Å²) in [6.45, 7) is 4.28. The predicted molar refractivity (Wildman–Crippen MR) is 63.6 cm³/mol. The molecule has 2 rings (SSSR count). The van der Waals surface area contributed by atoms with Gasteiger partial charge in [-0.3, -0.25) is 0 Å². The molecule has 0 aliphatic carbocycles. The molecule has 1 saturated heterocycles. The van der Waals surface area contributed by atoms with E-state index >= 15 is 0 Å². The second kappa shape index (κ2) is 5.46. The molecule has 90 valence electrons. The summed E-state index contributed by atoms with van der Waals surface area (Å²) in [6, 6.07) is 0.447. The number of piperidine rings is 1. The Morgan fingerprint density at radius 3 is 3.25 bits per heavy atom. The first-order valence-electron chi connectivity index (χ1n) is 6.12. The van der Waals surface area contributed by atoms with Gasteiger partial charge in [-0.2, -0.15) is 0 Å². The van der Waals surface area contributed by atoms with Crippen molar-refractivity contribution < 1.29 is 4.42 Å². The minimum Gasteiger partial charge on any atom is -0.448 e. The van der Waals surface area contributed by atoms with Gasteiger partial charge in [-0.05, 0) is 33.4 Å². The van der Waals surface area contributed by atoms with Crippen molar-refractivity contribution in [3.63, 3.8) is 0 Å². The molecule has 1 aliphatic rings. The summed E-state index contributed by atoms with van der Waals surface area (Å²) in [7, 11) is 1.97. The lowest BCUT2D eigenvalue weighted by Crippen LogP contribution is -2.28. The standard InChI is InChI=1S/C12H21N3O/c1-9(13-2)6-11-8-16-12(15-11)10-4-3-5-14-7-10/h8-10,13-14H,3-7H2,1-2H3. The number of rotatable bonds is 4. The van der Waals surface area contributed by atoms with E-state index in [4.69, 9.17) is 4.42 Å². The molecule has 0 saturated carbocycles. The molecule has 2 N–H and O–H groups in total. The number of aromatic nitrogens is 1. The second-order valence-electron chi connectivity index (χ2n) is 4.61. The normalized spacial score (nSPS) is 23.2. The van der Waals surface area contributed by atoms with Crippen LogP contribution in [0.1, 0.15) is 37.3 Å². The van der Waals surface area contributed by atoms with Gasteiger partial charge >= 0.3 is 0 Å². The monoisotopic (exact) mass is 223 g/mol. The van der Waals surface area contributed by atoms with E-state index in [1.54, 1.807) is 6.26 Å². The van der Waals surface area contributed by atoms with Crippen LogP contribution in [0.2, 0.25) is 0 Å². The van der Waals surface area contributed by atoms with Crippen LogP contribution in [0.25, 0.3) is 0 Å². The van der Waals surface area contributed by atoms with E-state index in [0.29, 0.717) is 12.0 Å². The summed E-state index contributed by atoms with van der Waals surface area (Å²) >= 11 is 0. The van der Waals surface area contributed by atoms with Gasteiger partial charge in [0.25, 0.3) is 0 Å². The number of likely N-dealkylation sites (N-methyl/N-ethyl adjacent to an activating group) is 1. The van der Waals surface area contributed by atoms with Crippen molar-refractivity contribution in [2.45, 2.75) is 38.1 Å². The van der Waals surface area contributed by atoms with Crippen molar-refractivity contribution in [2.24, 2.45) is 0 Å². The van der Waals surface area contributed by atoms with Gasteiger partial charge in [-0.25, -0.2) is 4.98 Å². The predicted octanol–water partition coefficient (Wildman–Crippen LogP) is 1.29. The summed E-state index contributed by atoms with van der Waals surface area (Å²) in [5, 5.41) is 6.59. The average Bonchev–Trinajstić information content (AvgIpc) is 2.78. The zero-order valence-corrected chi connectivity index (χ0v) is 10.1. The van der Waals surface area contributed by atoms with Crippen molar-refractivity contribution in [1.29, 1.82) is 0 Å². The fraction of sp³-hybridized carbons (Fsp3) is 0.750. The van der Waals surface area contributed by atoms with Crippen LogP contribution in [0.15, 0.2) is 10.7 Å². The first-order valence-corrected chi connectivity index (χ1v) is 6.12. The molecule has 1 aromatic heterocycles. The maximum absolute atomic E-state index is 5.57. The fourth-order valence-electron chi connectivity index (χ4n) is 2.08. The van der Waals surface area contributed by atoms with Crippen molar-refractivity contribution in [1.82, 2.24) is 15.6 Å². The summed E-state index contributed by atoms with van der Waals surface area (Å²) in [4.78, 5) is 4.58. The van der Waals surface area contributed by atoms with Crippen LogP contribution in [-0.2, 0) is 6.42 Å². The lowest BCUT2D eigenvalue weighted by atomic mass is 10.00. The molecule has 2 heterocycles. The Balaban J connectivity index is 1.95. The molecule has 2 unspecified atom stereocenters. The molecule has 1 aromatic rings. The maximum Gasteiger partial charge on any atom is 0.198 e. The molecule has 1 aliphatic heterocycles. The average molecular weight is 223 g/mol. The summed E-state index contributed by atoms with van der Waals surface area (Å²) in [5.74, 6) is 1.37. The highest BCUT2D eigenvalue weighted by molar-refractivity contribution is 5.03. The third kappa shape index (κ3) is 2.83. The molecular formula is C12H21N3O. The maximum atomic E-state index is 5.57.